The Morgan fingerprint density at radius 3 is 2.44 bits per heavy atom. The van der Waals surface area contributed by atoms with Gasteiger partial charge in [-0.15, -0.1) is 0 Å². The molecule has 0 aromatic heterocycles. The summed E-state index contributed by atoms with van der Waals surface area (Å²) in [6, 6.07) is 9.05. The molecule has 2 heteroatoms. The Kier molecular flexibility index (Phi) is 7.51. The Balaban J connectivity index is 2.24. The minimum absolute atomic E-state index is 0.561. The average molecular weight is 249 g/mol. The summed E-state index contributed by atoms with van der Waals surface area (Å²) < 4.78 is 5.69. The highest BCUT2D eigenvalue weighted by Gasteiger charge is 1.97. The zero-order valence-corrected chi connectivity index (χ0v) is 12.0. The molecule has 2 nitrogen and oxygen atoms in total. The second-order valence-electron chi connectivity index (χ2n) is 5.06. The fourth-order valence-corrected chi connectivity index (χ4v) is 1.80. The molecule has 0 unspecified atom stereocenters. The van der Waals surface area contributed by atoms with Crippen molar-refractivity contribution in [3.63, 3.8) is 0 Å². The van der Waals surface area contributed by atoms with E-state index in [4.69, 9.17) is 4.74 Å². The minimum Gasteiger partial charge on any atom is -0.494 e. The third kappa shape index (κ3) is 6.65. The molecule has 0 radical (unpaired) electrons. The van der Waals surface area contributed by atoms with Crippen LogP contribution in [0.3, 0.4) is 0 Å². The van der Waals surface area contributed by atoms with Crippen LogP contribution in [0.25, 0.3) is 0 Å². The maximum atomic E-state index is 5.69. The summed E-state index contributed by atoms with van der Waals surface area (Å²) in [7, 11) is 0. The van der Waals surface area contributed by atoms with E-state index in [0.717, 1.165) is 31.7 Å². The zero-order valence-electron chi connectivity index (χ0n) is 12.0. The van der Waals surface area contributed by atoms with Crippen molar-refractivity contribution in [2.45, 2.75) is 52.5 Å². The zero-order chi connectivity index (χ0) is 13.2. The largest absolute Gasteiger partial charge is 0.494 e. The molecule has 0 aliphatic heterocycles. The van der Waals surface area contributed by atoms with Crippen LogP contribution in [0, 0.1) is 0 Å². The number of benzene rings is 1. The maximum absolute atomic E-state index is 5.69. The molecule has 0 amide bonds. The molecule has 0 fully saturated rings. The van der Waals surface area contributed by atoms with Crippen LogP contribution in [0.2, 0.25) is 0 Å². The minimum atomic E-state index is 0.561. The highest BCUT2D eigenvalue weighted by Crippen LogP contribution is 2.13. The van der Waals surface area contributed by atoms with Gasteiger partial charge in [-0.3, -0.25) is 0 Å². The van der Waals surface area contributed by atoms with Crippen molar-refractivity contribution in [1.29, 1.82) is 0 Å². The highest BCUT2D eigenvalue weighted by atomic mass is 16.5. The molecule has 1 aromatic rings. The first kappa shape index (κ1) is 15.0. The van der Waals surface area contributed by atoms with Crippen LogP contribution >= 0.6 is 0 Å². The van der Waals surface area contributed by atoms with Crippen LogP contribution < -0.4 is 10.1 Å². The van der Waals surface area contributed by atoms with E-state index in [-0.39, 0.29) is 0 Å². The second kappa shape index (κ2) is 8.98. The summed E-state index contributed by atoms with van der Waals surface area (Å²) in [6.45, 7) is 8.43. The van der Waals surface area contributed by atoms with Gasteiger partial charge >= 0.3 is 0 Å². The van der Waals surface area contributed by atoms with Gasteiger partial charge < -0.3 is 10.1 Å². The van der Waals surface area contributed by atoms with E-state index >= 15 is 0 Å². The summed E-state index contributed by atoms with van der Waals surface area (Å²) in [5.41, 5.74) is 1.36. The first-order valence-corrected chi connectivity index (χ1v) is 7.17. The lowest BCUT2D eigenvalue weighted by Crippen LogP contribution is -2.24. The SMILES string of the molecule is CCCCCOc1ccc(CCNC(C)C)cc1. The Hall–Kier alpha value is -1.02. The van der Waals surface area contributed by atoms with Gasteiger partial charge in [0.25, 0.3) is 0 Å². The van der Waals surface area contributed by atoms with Gasteiger partial charge in [0, 0.05) is 6.04 Å². The van der Waals surface area contributed by atoms with Crippen LogP contribution in [0.1, 0.15) is 45.6 Å². The summed E-state index contributed by atoms with van der Waals surface area (Å²) in [6.07, 6.45) is 4.72. The number of rotatable bonds is 9. The van der Waals surface area contributed by atoms with E-state index < -0.39 is 0 Å². The van der Waals surface area contributed by atoms with Crippen LogP contribution in [0.5, 0.6) is 5.75 Å². The predicted molar refractivity (Wildman–Crippen MR) is 78.3 cm³/mol. The molecule has 0 saturated heterocycles. The van der Waals surface area contributed by atoms with Gasteiger partial charge in [-0.25, -0.2) is 0 Å². The highest BCUT2D eigenvalue weighted by molar-refractivity contribution is 5.27. The number of nitrogens with one attached hydrogen (secondary N) is 1. The lowest BCUT2D eigenvalue weighted by atomic mass is 10.1. The fourth-order valence-electron chi connectivity index (χ4n) is 1.80. The first-order chi connectivity index (χ1) is 8.72. The summed E-state index contributed by atoms with van der Waals surface area (Å²) >= 11 is 0. The monoisotopic (exact) mass is 249 g/mol. The molecular weight excluding hydrogens is 222 g/mol. The lowest BCUT2D eigenvalue weighted by Gasteiger charge is -2.09. The third-order valence-corrected chi connectivity index (χ3v) is 2.91. The molecular formula is C16H27NO. The van der Waals surface area contributed by atoms with E-state index in [0.29, 0.717) is 6.04 Å². The summed E-state index contributed by atoms with van der Waals surface area (Å²) in [4.78, 5) is 0. The van der Waals surface area contributed by atoms with Gasteiger partial charge in [0.05, 0.1) is 6.61 Å². The quantitative estimate of drug-likeness (QED) is 0.672. The topological polar surface area (TPSA) is 21.3 Å². The number of hydrogen-bond acceptors (Lipinski definition) is 2. The molecule has 18 heavy (non-hydrogen) atoms. The number of unbranched alkanes of at least 4 members (excludes halogenated alkanes) is 2. The van der Waals surface area contributed by atoms with Crippen molar-refractivity contribution in [1.82, 2.24) is 5.32 Å². The molecule has 1 aromatic carbocycles. The van der Waals surface area contributed by atoms with Gasteiger partial charge in [0.15, 0.2) is 0 Å². The summed E-state index contributed by atoms with van der Waals surface area (Å²) in [5, 5.41) is 3.43. The van der Waals surface area contributed by atoms with E-state index in [1.807, 2.05) is 0 Å². The molecule has 0 atom stereocenters. The van der Waals surface area contributed by atoms with Gasteiger partial charge in [0.1, 0.15) is 5.75 Å². The number of hydrogen-bond donors (Lipinski definition) is 1. The molecule has 1 rings (SSSR count). The molecule has 0 aliphatic rings. The Bertz CT molecular complexity index is 305. The molecule has 102 valence electrons. The lowest BCUT2D eigenvalue weighted by molar-refractivity contribution is 0.306. The van der Waals surface area contributed by atoms with Crippen LogP contribution in [-0.2, 0) is 6.42 Å². The van der Waals surface area contributed by atoms with Gasteiger partial charge in [-0.1, -0.05) is 45.7 Å². The van der Waals surface area contributed by atoms with Crippen LogP contribution in [0.15, 0.2) is 24.3 Å². The predicted octanol–water partition coefficient (Wildman–Crippen LogP) is 3.80. The van der Waals surface area contributed by atoms with E-state index in [2.05, 4.69) is 50.4 Å². The Morgan fingerprint density at radius 2 is 1.83 bits per heavy atom. The Labute approximate surface area is 112 Å². The van der Waals surface area contributed by atoms with Crippen molar-refractivity contribution >= 4 is 0 Å². The third-order valence-electron chi connectivity index (χ3n) is 2.91. The normalized spacial score (nSPS) is 10.9. The fraction of sp³-hybridized carbons (Fsp3) is 0.625. The van der Waals surface area contributed by atoms with E-state index in [9.17, 15) is 0 Å². The molecule has 0 spiro atoms. The second-order valence-corrected chi connectivity index (χ2v) is 5.06. The summed E-state index contributed by atoms with van der Waals surface area (Å²) in [5.74, 6) is 0.992. The Morgan fingerprint density at radius 1 is 1.11 bits per heavy atom. The molecule has 0 saturated carbocycles. The molecule has 1 N–H and O–H groups in total. The van der Waals surface area contributed by atoms with Crippen LogP contribution in [0.4, 0.5) is 0 Å². The van der Waals surface area contributed by atoms with Crippen molar-refractivity contribution in [3.05, 3.63) is 29.8 Å². The van der Waals surface area contributed by atoms with Crippen LogP contribution in [-0.4, -0.2) is 19.2 Å². The first-order valence-electron chi connectivity index (χ1n) is 7.17. The standard InChI is InChI=1S/C16H27NO/c1-4-5-6-13-18-16-9-7-15(8-10-16)11-12-17-14(2)3/h7-10,14,17H,4-6,11-13H2,1-3H3. The van der Waals surface area contributed by atoms with Crippen molar-refractivity contribution < 1.29 is 4.74 Å². The number of ether oxygens (including phenoxy) is 1. The smallest absolute Gasteiger partial charge is 0.119 e. The van der Waals surface area contributed by atoms with Gasteiger partial charge in [0.2, 0.25) is 0 Å². The maximum Gasteiger partial charge on any atom is 0.119 e. The van der Waals surface area contributed by atoms with Crippen molar-refractivity contribution in [2.24, 2.45) is 0 Å². The average Bonchev–Trinajstić information content (AvgIpc) is 2.36. The van der Waals surface area contributed by atoms with Gasteiger partial charge in [-0.2, -0.15) is 0 Å². The van der Waals surface area contributed by atoms with E-state index in [1.54, 1.807) is 0 Å². The molecule has 0 heterocycles. The molecule has 0 bridgehead atoms. The van der Waals surface area contributed by atoms with Gasteiger partial charge in [-0.05, 0) is 37.1 Å². The van der Waals surface area contributed by atoms with Crippen molar-refractivity contribution in [3.8, 4) is 5.75 Å². The van der Waals surface area contributed by atoms with Crippen molar-refractivity contribution in [2.75, 3.05) is 13.2 Å². The van der Waals surface area contributed by atoms with E-state index in [1.165, 1.54) is 18.4 Å². The molecule has 0 aliphatic carbocycles.